The van der Waals surface area contributed by atoms with Crippen LogP contribution in [0.4, 0.5) is 5.69 Å². The number of aromatic nitrogens is 2. The molecule has 0 bridgehead atoms. The van der Waals surface area contributed by atoms with Crippen LogP contribution in [0.25, 0.3) is 10.2 Å². The predicted octanol–water partition coefficient (Wildman–Crippen LogP) is 3.49. The van der Waals surface area contributed by atoms with Crippen LogP contribution in [-0.4, -0.2) is 21.2 Å². The van der Waals surface area contributed by atoms with Crippen molar-refractivity contribution in [3.8, 4) is 0 Å². The van der Waals surface area contributed by atoms with E-state index in [4.69, 9.17) is 0 Å². The molecular formula is C21H21N3O3S. The van der Waals surface area contributed by atoms with Gasteiger partial charge in [0.25, 0.3) is 5.56 Å². The summed E-state index contributed by atoms with van der Waals surface area (Å²) in [4.78, 5) is 43.8. The molecule has 0 atom stereocenters. The van der Waals surface area contributed by atoms with Crippen molar-refractivity contribution < 1.29 is 9.59 Å². The van der Waals surface area contributed by atoms with Crippen LogP contribution < -0.4 is 10.9 Å². The molecule has 0 unspecified atom stereocenters. The Balaban J connectivity index is 1.64. The van der Waals surface area contributed by atoms with Crippen molar-refractivity contribution in [2.75, 3.05) is 5.32 Å². The van der Waals surface area contributed by atoms with Gasteiger partial charge < -0.3 is 5.32 Å². The molecule has 0 radical (unpaired) electrons. The van der Waals surface area contributed by atoms with Crippen LogP contribution >= 0.6 is 11.3 Å². The number of rotatable bonds is 4. The third-order valence-electron chi connectivity index (χ3n) is 5.12. The van der Waals surface area contributed by atoms with Crippen molar-refractivity contribution in [1.29, 1.82) is 0 Å². The minimum Gasteiger partial charge on any atom is -0.325 e. The van der Waals surface area contributed by atoms with Crippen LogP contribution in [0.3, 0.4) is 0 Å². The highest BCUT2D eigenvalue weighted by Gasteiger charge is 2.21. The molecule has 3 aromatic rings. The standard InChI is InChI=1S/C21H21N3O3S/c1-12(25)14-6-5-7-15(10-14)23-18(26)11-24-13(2)22-20-19(21(24)27)16-8-3-4-9-17(16)28-20/h5-7,10H,3-4,8-9,11H2,1-2H3,(H,23,26). The summed E-state index contributed by atoms with van der Waals surface area (Å²) in [5, 5.41) is 3.45. The summed E-state index contributed by atoms with van der Waals surface area (Å²) in [6.07, 6.45) is 4.13. The number of Topliss-reactive ketones (excluding diaryl/α,β-unsaturated/α-hetero) is 1. The molecule has 1 aliphatic carbocycles. The maximum absolute atomic E-state index is 13.1. The van der Waals surface area contributed by atoms with E-state index in [0.29, 0.717) is 22.5 Å². The Kier molecular flexibility index (Phi) is 4.85. The smallest absolute Gasteiger partial charge is 0.263 e. The van der Waals surface area contributed by atoms with Crippen molar-refractivity contribution in [2.24, 2.45) is 0 Å². The molecule has 6 nitrogen and oxygen atoms in total. The van der Waals surface area contributed by atoms with Crippen LogP contribution in [0.1, 0.15) is 46.4 Å². The summed E-state index contributed by atoms with van der Waals surface area (Å²) >= 11 is 1.61. The number of carbonyl (C=O) groups is 2. The number of hydrogen-bond acceptors (Lipinski definition) is 5. The van der Waals surface area contributed by atoms with Gasteiger partial charge in [0.1, 0.15) is 17.2 Å². The number of benzene rings is 1. The molecule has 0 fully saturated rings. The molecule has 1 amide bonds. The molecule has 4 rings (SSSR count). The lowest BCUT2D eigenvalue weighted by molar-refractivity contribution is -0.116. The number of nitrogens with one attached hydrogen (secondary N) is 1. The Morgan fingerprint density at radius 1 is 1.25 bits per heavy atom. The largest absolute Gasteiger partial charge is 0.325 e. The first-order valence-electron chi connectivity index (χ1n) is 9.36. The highest BCUT2D eigenvalue weighted by atomic mass is 32.1. The Morgan fingerprint density at radius 3 is 2.82 bits per heavy atom. The van der Waals surface area contributed by atoms with Gasteiger partial charge in [-0.25, -0.2) is 4.98 Å². The van der Waals surface area contributed by atoms with E-state index in [0.717, 1.165) is 36.1 Å². The molecule has 0 spiro atoms. The highest BCUT2D eigenvalue weighted by molar-refractivity contribution is 7.18. The van der Waals surface area contributed by atoms with Gasteiger partial charge in [0.2, 0.25) is 5.91 Å². The van der Waals surface area contributed by atoms with Crippen molar-refractivity contribution in [1.82, 2.24) is 9.55 Å². The van der Waals surface area contributed by atoms with E-state index in [-0.39, 0.29) is 23.8 Å². The van der Waals surface area contributed by atoms with Gasteiger partial charge in [-0.2, -0.15) is 0 Å². The summed E-state index contributed by atoms with van der Waals surface area (Å²) in [6.45, 7) is 3.12. The second-order valence-electron chi connectivity index (χ2n) is 7.13. The van der Waals surface area contributed by atoms with Crippen molar-refractivity contribution >= 4 is 38.9 Å². The third-order valence-corrected chi connectivity index (χ3v) is 6.31. The first kappa shape index (κ1) is 18.6. The van der Waals surface area contributed by atoms with E-state index in [2.05, 4.69) is 10.3 Å². The first-order valence-corrected chi connectivity index (χ1v) is 10.2. The number of aryl methyl sites for hydroxylation is 3. The Hall–Kier alpha value is -2.80. The van der Waals surface area contributed by atoms with E-state index >= 15 is 0 Å². The number of amides is 1. The highest BCUT2D eigenvalue weighted by Crippen LogP contribution is 2.33. The number of thiophene rings is 1. The van der Waals surface area contributed by atoms with E-state index in [1.807, 2.05) is 0 Å². The molecular weight excluding hydrogens is 374 g/mol. The lowest BCUT2D eigenvalue weighted by Gasteiger charge is -2.12. The van der Waals surface area contributed by atoms with Crippen LogP contribution in [-0.2, 0) is 24.2 Å². The topological polar surface area (TPSA) is 81.1 Å². The molecule has 2 aromatic heterocycles. The fourth-order valence-corrected chi connectivity index (χ4v) is 4.98. The second kappa shape index (κ2) is 7.31. The van der Waals surface area contributed by atoms with E-state index in [1.165, 1.54) is 16.4 Å². The maximum Gasteiger partial charge on any atom is 0.263 e. The SMILES string of the molecule is CC(=O)c1cccc(NC(=O)Cn2c(C)nc3sc4c(c3c2=O)CCCC4)c1. The molecule has 1 aromatic carbocycles. The molecule has 0 saturated carbocycles. The minimum atomic E-state index is -0.323. The minimum absolute atomic E-state index is 0.0694. The van der Waals surface area contributed by atoms with Gasteiger partial charge in [0, 0.05) is 16.1 Å². The molecule has 7 heteroatoms. The number of nitrogens with zero attached hydrogens (tertiary/aromatic N) is 2. The average molecular weight is 395 g/mol. The zero-order chi connectivity index (χ0) is 19.8. The van der Waals surface area contributed by atoms with E-state index in [1.54, 1.807) is 42.5 Å². The van der Waals surface area contributed by atoms with Crippen LogP contribution in [0.2, 0.25) is 0 Å². The maximum atomic E-state index is 13.1. The van der Waals surface area contributed by atoms with Gasteiger partial charge in [-0.15, -0.1) is 11.3 Å². The van der Waals surface area contributed by atoms with Gasteiger partial charge in [-0.1, -0.05) is 12.1 Å². The monoisotopic (exact) mass is 395 g/mol. The van der Waals surface area contributed by atoms with Gasteiger partial charge in [0.15, 0.2) is 5.78 Å². The molecule has 144 valence electrons. The second-order valence-corrected chi connectivity index (χ2v) is 8.21. The summed E-state index contributed by atoms with van der Waals surface area (Å²) in [7, 11) is 0. The van der Waals surface area contributed by atoms with E-state index < -0.39 is 0 Å². The van der Waals surface area contributed by atoms with Crippen molar-refractivity contribution in [2.45, 2.75) is 46.1 Å². The van der Waals surface area contributed by atoms with Crippen molar-refractivity contribution in [3.05, 3.63) is 56.4 Å². The van der Waals surface area contributed by atoms with Gasteiger partial charge in [0.05, 0.1) is 5.39 Å². The van der Waals surface area contributed by atoms with Crippen LogP contribution in [0.15, 0.2) is 29.1 Å². The average Bonchev–Trinajstić information content (AvgIpc) is 3.03. The van der Waals surface area contributed by atoms with Crippen molar-refractivity contribution in [3.63, 3.8) is 0 Å². The Morgan fingerprint density at radius 2 is 2.04 bits per heavy atom. The summed E-state index contributed by atoms with van der Waals surface area (Å²) in [5.41, 5.74) is 2.03. The fraction of sp³-hybridized carbons (Fsp3) is 0.333. The van der Waals surface area contributed by atoms with E-state index in [9.17, 15) is 14.4 Å². The molecule has 0 saturated heterocycles. The summed E-state index contributed by atoms with van der Waals surface area (Å²) in [6, 6.07) is 6.77. The summed E-state index contributed by atoms with van der Waals surface area (Å²) in [5.74, 6) is 0.139. The third kappa shape index (κ3) is 3.38. The lowest BCUT2D eigenvalue weighted by atomic mass is 9.97. The Labute approximate surface area is 166 Å². The number of ketones is 1. The number of carbonyl (C=O) groups excluding carboxylic acids is 2. The normalized spacial score (nSPS) is 13.4. The predicted molar refractivity (Wildman–Crippen MR) is 110 cm³/mol. The van der Waals surface area contributed by atoms with Crippen LogP contribution in [0.5, 0.6) is 0 Å². The molecule has 1 aliphatic rings. The molecule has 0 aliphatic heterocycles. The fourth-order valence-electron chi connectivity index (χ4n) is 3.69. The zero-order valence-corrected chi connectivity index (χ0v) is 16.7. The molecule has 2 heterocycles. The van der Waals surface area contributed by atoms with Gasteiger partial charge in [-0.05, 0) is 57.2 Å². The lowest BCUT2D eigenvalue weighted by Crippen LogP contribution is -2.30. The Bertz CT molecular complexity index is 1160. The van der Waals surface area contributed by atoms with Gasteiger partial charge in [-0.3, -0.25) is 19.0 Å². The number of fused-ring (bicyclic) bond motifs is 3. The first-order chi connectivity index (χ1) is 13.4. The molecule has 28 heavy (non-hydrogen) atoms. The van der Waals surface area contributed by atoms with Gasteiger partial charge >= 0.3 is 0 Å². The summed E-state index contributed by atoms with van der Waals surface area (Å²) < 4.78 is 1.44. The zero-order valence-electron chi connectivity index (χ0n) is 15.9. The number of anilines is 1. The van der Waals surface area contributed by atoms with Crippen LogP contribution in [0, 0.1) is 6.92 Å². The molecule has 1 N–H and O–H groups in total. The quantitative estimate of drug-likeness (QED) is 0.686. The number of hydrogen-bond donors (Lipinski definition) is 1.